The monoisotopic (exact) mass is 311 g/mol. The first-order valence-electron chi connectivity index (χ1n) is 8.02. The van der Waals surface area contributed by atoms with Crippen LogP contribution in [-0.2, 0) is 4.74 Å². The van der Waals surface area contributed by atoms with Gasteiger partial charge in [-0.1, -0.05) is 29.8 Å². The third kappa shape index (κ3) is 3.36. The van der Waals surface area contributed by atoms with Gasteiger partial charge >= 0.3 is 5.97 Å². The maximum absolute atomic E-state index is 12.3. The van der Waals surface area contributed by atoms with Crippen molar-refractivity contribution in [3.63, 3.8) is 0 Å². The van der Waals surface area contributed by atoms with Crippen molar-refractivity contribution < 1.29 is 9.53 Å². The Morgan fingerprint density at radius 3 is 2.52 bits per heavy atom. The Balaban J connectivity index is 1.77. The molecule has 0 amide bonds. The van der Waals surface area contributed by atoms with E-state index in [0.29, 0.717) is 0 Å². The molecule has 2 atom stereocenters. The summed E-state index contributed by atoms with van der Waals surface area (Å²) in [7, 11) is 0. The smallest absolute Gasteiger partial charge is 0.344 e. The molecule has 0 saturated heterocycles. The van der Waals surface area contributed by atoms with Gasteiger partial charge in [0.05, 0.1) is 0 Å². The molecule has 0 spiro atoms. The number of esters is 1. The molecule has 23 heavy (non-hydrogen) atoms. The van der Waals surface area contributed by atoms with Crippen LogP contribution in [0.5, 0.6) is 0 Å². The number of rotatable bonds is 3. The van der Waals surface area contributed by atoms with E-state index in [4.69, 9.17) is 4.74 Å². The molecule has 0 unspecified atom stereocenters. The minimum Gasteiger partial charge on any atom is -0.458 e. The fourth-order valence-electron chi connectivity index (χ4n) is 3.20. The van der Waals surface area contributed by atoms with E-state index in [1.807, 2.05) is 0 Å². The van der Waals surface area contributed by atoms with Gasteiger partial charge in [-0.25, -0.2) is 4.79 Å². The van der Waals surface area contributed by atoms with Gasteiger partial charge < -0.3 is 9.72 Å². The van der Waals surface area contributed by atoms with Crippen LogP contribution in [0.15, 0.2) is 41.2 Å². The van der Waals surface area contributed by atoms with Crippen molar-refractivity contribution in [2.24, 2.45) is 0 Å². The first kappa shape index (κ1) is 15.5. The molecule has 1 aromatic carbocycles. The highest BCUT2D eigenvalue weighted by Crippen LogP contribution is 2.37. The van der Waals surface area contributed by atoms with Crippen molar-refractivity contribution >= 4 is 5.97 Å². The predicted octanol–water partition coefficient (Wildman–Crippen LogP) is 3.48. The molecule has 4 heteroatoms. The van der Waals surface area contributed by atoms with E-state index < -0.39 is 5.97 Å². The van der Waals surface area contributed by atoms with Gasteiger partial charge in [-0.15, -0.1) is 0 Å². The molecule has 1 fully saturated rings. The highest BCUT2D eigenvalue weighted by atomic mass is 16.5. The number of pyridine rings is 1. The van der Waals surface area contributed by atoms with E-state index in [9.17, 15) is 9.59 Å². The van der Waals surface area contributed by atoms with Crippen molar-refractivity contribution in [3.05, 3.63) is 69.1 Å². The minimum absolute atomic E-state index is 0.0742. The minimum atomic E-state index is -0.532. The normalized spacial score (nSPS) is 20.4. The maximum atomic E-state index is 12.3. The molecule has 1 aliphatic rings. The lowest BCUT2D eigenvalue weighted by molar-refractivity contribution is 0.0277. The number of carbonyl (C=O) groups is 1. The lowest BCUT2D eigenvalue weighted by Gasteiger charge is -2.20. The van der Waals surface area contributed by atoms with Gasteiger partial charge in [0.25, 0.3) is 5.56 Å². The summed E-state index contributed by atoms with van der Waals surface area (Å²) in [6.07, 6.45) is 2.71. The zero-order valence-electron chi connectivity index (χ0n) is 13.5. The van der Waals surface area contributed by atoms with Crippen LogP contribution in [0.3, 0.4) is 0 Å². The van der Waals surface area contributed by atoms with Crippen LogP contribution in [0.2, 0.25) is 0 Å². The van der Waals surface area contributed by atoms with Gasteiger partial charge in [0.1, 0.15) is 11.7 Å². The molecule has 3 rings (SSSR count). The number of nitrogens with one attached hydrogen (secondary N) is 1. The summed E-state index contributed by atoms with van der Waals surface area (Å²) < 4.78 is 5.66. The zero-order chi connectivity index (χ0) is 16.4. The third-order valence-corrected chi connectivity index (χ3v) is 4.49. The van der Waals surface area contributed by atoms with Crippen LogP contribution < -0.4 is 5.56 Å². The molecule has 1 N–H and O–H groups in total. The lowest BCUT2D eigenvalue weighted by atomic mass is 9.95. The molecular formula is C19H21NO3. The highest BCUT2D eigenvalue weighted by molar-refractivity contribution is 5.89. The zero-order valence-corrected chi connectivity index (χ0v) is 13.5. The Hall–Kier alpha value is -2.36. The van der Waals surface area contributed by atoms with Gasteiger partial charge in [-0.05, 0) is 50.8 Å². The summed E-state index contributed by atoms with van der Waals surface area (Å²) in [6, 6.07) is 11.6. The van der Waals surface area contributed by atoms with Gasteiger partial charge in [-0.2, -0.15) is 0 Å². The van der Waals surface area contributed by atoms with E-state index in [1.165, 1.54) is 17.2 Å². The van der Waals surface area contributed by atoms with Crippen LogP contribution in [0.4, 0.5) is 0 Å². The molecule has 1 aliphatic carbocycles. The summed E-state index contributed by atoms with van der Waals surface area (Å²) >= 11 is 0. The first-order chi connectivity index (χ1) is 11.0. The molecule has 1 heterocycles. The van der Waals surface area contributed by atoms with Gasteiger partial charge in [0.15, 0.2) is 0 Å². The van der Waals surface area contributed by atoms with Crippen LogP contribution >= 0.6 is 0 Å². The summed E-state index contributed by atoms with van der Waals surface area (Å²) in [4.78, 5) is 26.8. The van der Waals surface area contributed by atoms with Crippen molar-refractivity contribution in [2.45, 2.75) is 45.1 Å². The predicted molar refractivity (Wildman–Crippen MR) is 88.8 cm³/mol. The molecule has 120 valence electrons. The number of aryl methyl sites for hydroxylation is 2. The second kappa shape index (κ2) is 6.41. The summed E-state index contributed by atoms with van der Waals surface area (Å²) in [6.45, 7) is 3.83. The number of benzene rings is 1. The Bertz CT molecular complexity index is 761. The topological polar surface area (TPSA) is 59.2 Å². The van der Waals surface area contributed by atoms with Crippen LogP contribution in [0.25, 0.3) is 0 Å². The van der Waals surface area contributed by atoms with Crippen LogP contribution in [0.1, 0.15) is 52.4 Å². The highest BCUT2D eigenvalue weighted by Gasteiger charge is 2.32. The fraction of sp³-hybridized carbons (Fsp3) is 0.368. The molecule has 0 bridgehead atoms. The number of H-pyrrole nitrogens is 1. The average molecular weight is 311 g/mol. The number of ether oxygens (including phenoxy) is 1. The van der Waals surface area contributed by atoms with E-state index >= 15 is 0 Å². The Kier molecular flexibility index (Phi) is 4.33. The largest absolute Gasteiger partial charge is 0.458 e. The SMILES string of the molecule is Cc1ccc([C@H]2CCC[C@H]2OC(=O)c2ccc(C)[nH]c2=O)cc1. The van der Waals surface area contributed by atoms with Crippen molar-refractivity contribution in [1.29, 1.82) is 0 Å². The lowest BCUT2D eigenvalue weighted by Crippen LogP contribution is -2.26. The van der Waals surface area contributed by atoms with E-state index in [2.05, 4.69) is 36.2 Å². The molecule has 4 nitrogen and oxygen atoms in total. The second-order valence-electron chi connectivity index (χ2n) is 6.28. The summed E-state index contributed by atoms with van der Waals surface area (Å²) in [5.41, 5.74) is 2.82. The number of hydrogen-bond donors (Lipinski definition) is 1. The Morgan fingerprint density at radius 2 is 1.83 bits per heavy atom. The van der Waals surface area contributed by atoms with Gasteiger partial charge in [-0.3, -0.25) is 4.79 Å². The standard InChI is InChI=1S/C19H21NO3/c1-12-6-9-14(10-7-12)15-4-3-5-17(15)23-19(22)16-11-8-13(2)20-18(16)21/h6-11,15,17H,3-5H2,1-2H3,(H,20,21)/t15-,17-/m1/s1. The maximum Gasteiger partial charge on any atom is 0.344 e. The van der Waals surface area contributed by atoms with Crippen molar-refractivity contribution in [2.75, 3.05) is 0 Å². The third-order valence-electron chi connectivity index (χ3n) is 4.49. The quantitative estimate of drug-likeness (QED) is 0.883. The van der Waals surface area contributed by atoms with Gasteiger partial charge in [0.2, 0.25) is 0 Å². The molecule has 1 saturated carbocycles. The Morgan fingerprint density at radius 1 is 1.09 bits per heavy atom. The number of hydrogen-bond acceptors (Lipinski definition) is 3. The first-order valence-corrected chi connectivity index (χ1v) is 8.02. The number of aromatic amines is 1. The van der Waals surface area contributed by atoms with E-state index in [1.54, 1.807) is 13.0 Å². The van der Waals surface area contributed by atoms with Crippen molar-refractivity contribution in [3.8, 4) is 0 Å². The fourth-order valence-corrected chi connectivity index (χ4v) is 3.20. The summed E-state index contributed by atoms with van der Waals surface area (Å²) in [5.74, 6) is -0.320. The van der Waals surface area contributed by atoms with Crippen LogP contribution in [0, 0.1) is 13.8 Å². The van der Waals surface area contributed by atoms with Crippen molar-refractivity contribution in [1.82, 2.24) is 4.98 Å². The molecular weight excluding hydrogens is 290 g/mol. The Labute approximate surface area is 135 Å². The number of carbonyl (C=O) groups excluding carboxylic acids is 1. The van der Waals surface area contributed by atoms with E-state index in [-0.39, 0.29) is 23.1 Å². The molecule has 1 aromatic heterocycles. The average Bonchev–Trinajstić information content (AvgIpc) is 2.96. The molecule has 2 aromatic rings. The molecule has 0 aliphatic heterocycles. The van der Waals surface area contributed by atoms with Crippen LogP contribution in [-0.4, -0.2) is 17.1 Å². The van der Waals surface area contributed by atoms with Gasteiger partial charge in [0, 0.05) is 11.6 Å². The van der Waals surface area contributed by atoms with E-state index in [0.717, 1.165) is 25.0 Å². The summed E-state index contributed by atoms with van der Waals surface area (Å²) in [5, 5.41) is 0. The second-order valence-corrected chi connectivity index (χ2v) is 6.28. The molecule has 0 radical (unpaired) electrons. The number of aromatic nitrogens is 1.